The van der Waals surface area contributed by atoms with Crippen molar-refractivity contribution in [3.05, 3.63) is 54.9 Å². The van der Waals surface area contributed by atoms with Crippen LogP contribution >= 0.6 is 46.2 Å². The summed E-state index contributed by atoms with van der Waals surface area (Å²) in [4.78, 5) is 16.0. The maximum atomic E-state index is 5.39. The quantitative estimate of drug-likeness (QED) is 0.221. The average Bonchev–Trinajstić information content (AvgIpc) is 3.70. The number of thiophene rings is 2. The van der Waals surface area contributed by atoms with Crippen LogP contribution in [0.2, 0.25) is 0 Å². The molecule has 0 N–H and O–H groups in total. The average molecular weight is 585 g/mol. The first-order valence-corrected chi connectivity index (χ1v) is 18.1. The smallest absolute Gasteiger partial charge is 0.107 e. The van der Waals surface area contributed by atoms with Crippen LogP contribution in [0.4, 0.5) is 0 Å². The predicted octanol–water partition coefficient (Wildman–Crippen LogP) is 11.3. The van der Waals surface area contributed by atoms with Crippen molar-refractivity contribution in [2.45, 2.75) is 92.9 Å². The van der Waals surface area contributed by atoms with Gasteiger partial charge in [-0.15, -0.1) is 46.2 Å². The predicted molar refractivity (Wildman–Crippen MR) is 178 cm³/mol. The normalized spacial score (nSPS) is 16.8. The molecule has 0 fully saturated rings. The molecule has 0 aliphatic carbocycles. The van der Waals surface area contributed by atoms with E-state index in [-0.39, 0.29) is 0 Å². The van der Waals surface area contributed by atoms with Crippen molar-refractivity contribution in [3.8, 4) is 0 Å². The number of thioether (sulfide) groups is 2. The third-order valence-electron chi connectivity index (χ3n) is 7.52. The van der Waals surface area contributed by atoms with Gasteiger partial charge < -0.3 is 0 Å². The molecule has 0 amide bonds. The highest BCUT2D eigenvalue weighted by atomic mass is 32.2. The molecule has 2 nitrogen and oxygen atoms in total. The van der Waals surface area contributed by atoms with Gasteiger partial charge in [-0.05, 0) is 62.8 Å². The minimum Gasteiger partial charge on any atom is -0.239 e. The van der Waals surface area contributed by atoms with Crippen molar-refractivity contribution in [1.29, 1.82) is 0 Å². The molecule has 206 valence electrons. The summed E-state index contributed by atoms with van der Waals surface area (Å²) in [6.07, 6.45) is 10.3. The Kier molecular flexibility index (Phi) is 11.4. The zero-order chi connectivity index (χ0) is 27.1. The second-order valence-electron chi connectivity index (χ2n) is 10.6. The van der Waals surface area contributed by atoms with Crippen LogP contribution in [0.1, 0.15) is 98.6 Å². The molecule has 2 unspecified atom stereocenters. The second-order valence-corrected chi connectivity index (χ2v) is 15.1. The Morgan fingerprint density at radius 1 is 0.658 bits per heavy atom. The van der Waals surface area contributed by atoms with Crippen LogP contribution in [0, 0.1) is 25.7 Å². The van der Waals surface area contributed by atoms with Crippen molar-refractivity contribution in [2.75, 3.05) is 11.5 Å². The molecule has 0 bridgehead atoms. The van der Waals surface area contributed by atoms with E-state index in [0.29, 0.717) is 0 Å². The maximum Gasteiger partial charge on any atom is 0.107 e. The third-order valence-corrected chi connectivity index (χ3v) is 12.0. The van der Waals surface area contributed by atoms with Gasteiger partial charge >= 0.3 is 0 Å². The number of aliphatic imine (C=N–C) groups is 2. The highest BCUT2D eigenvalue weighted by Crippen LogP contribution is 2.49. The van der Waals surface area contributed by atoms with Crippen molar-refractivity contribution in [3.63, 3.8) is 0 Å². The summed E-state index contributed by atoms with van der Waals surface area (Å²) in [6.45, 7) is 13.7. The van der Waals surface area contributed by atoms with Gasteiger partial charge in [0, 0.05) is 32.4 Å². The topological polar surface area (TPSA) is 24.7 Å². The molecule has 2 aliphatic rings. The summed E-state index contributed by atoms with van der Waals surface area (Å²) in [6, 6.07) is 8.99. The van der Waals surface area contributed by atoms with E-state index in [1.165, 1.54) is 92.1 Å². The van der Waals surface area contributed by atoms with E-state index in [1.807, 2.05) is 46.2 Å². The number of aryl methyl sites for hydroxylation is 2. The lowest BCUT2D eigenvalue weighted by atomic mass is 10.0. The Morgan fingerprint density at radius 3 is 1.39 bits per heavy atom. The molecule has 6 heteroatoms. The Morgan fingerprint density at radius 2 is 1.08 bits per heavy atom. The first-order chi connectivity index (χ1) is 18.5. The van der Waals surface area contributed by atoms with Crippen LogP contribution in [0.25, 0.3) is 11.4 Å². The minimum absolute atomic E-state index is 0.743. The lowest BCUT2D eigenvalue weighted by Crippen LogP contribution is -2.08. The molecule has 2 aromatic rings. The van der Waals surface area contributed by atoms with Crippen LogP contribution in [0.3, 0.4) is 0 Å². The molecule has 2 aliphatic heterocycles. The summed E-state index contributed by atoms with van der Waals surface area (Å²) < 4.78 is 0. The summed E-state index contributed by atoms with van der Waals surface area (Å²) in [5.41, 5.74) is 4.90. The summed E-state index contributed by atoms with van der Waals surface area (Å²) in [7, 11) is 0. The zero-order valence-corrected chi connectivity index (χ0v) is 27.3. The van der Waals surface area contributed by atoms with Gasteiger partial charge in [0.15, 0.2) is 0 Å². The molecule has 4 rings (SSSR count). The molecule has 0 radical (unpaired) electrons. The van der Waals surface area contributed by atoms with E-state index in [4.69, 9.17) is 9.98 Å². The summed E-state index contributed by atoms with van der Waals surface area (Å²) >= 11 is 7.67. The molecule has 0 saturated carbocycles. The Balaban J connectivity index is 1.71. The van der Waals surface area contributed by atoms with E-state index in [1.54, 1.807) is 0 Å². The molecule has 2 aromatic heterocycles. The Labute approximate surface area is 247 Å². The number of rotatable bonds is 14. The molecule has 4 heterocycles. The number of nitrogens with zero attached hydrogens (tertiary/aromatic N) is 2. The van der Waals surface area contributed by atoms with Crippen molar-refractivity contribution >= 4 is 67.7 Å². The molecular weight excluding hydrogens is 541 g/mol. The number of unbranched alkanes of at least 4 members (excludes halogenated alkanes) is 2. The van der Waals surface area contributed by atoms with Crippen molar-refractivity contribution < 1.29 is 0 Å². The number of hydrogen-bond acceptors (Lipinski definition) is 6. The van der Waals surface area contributed by atoms with E-state index in [2.05, 4.69) is 65.8 Å². The van der Waals surface area contributed by atoms with Crippen LogP contribution in [-0.4, -0.2) is 21.6 Å². The fourth-order valence-electron chi connectivity index (χ4n) is 4.96. The van der Waals surface area contributed by atoms with Crippen LogP contribution in [0.15, 0.2) is 45.4 Å². The molecule has 38 heavy (non-hydrogen) atoms. The highest BCUT2D eigenvalue weighted by molar-refractivity contribution is 8.15. The van der Waals surface area contributed by atoms with Crippen LogP contribution < -0.4 is 0 Å². The Hall–Kier alpha value is -1.08. The van der Waals surface area contributed by atoms with E-state index < -0.39 is 0 Å². The fraction of sp³-hybridized carbons (Fsp3) is 0.562. The summed E-state index contributed by atoms with van der Waals surface area (Å²) in [5.74, 6) is 3.76. The van der Waals surface area contributed by atoms with Gasteiger partial charge in [0.1, 0.15) is 10.1 Å². The molecule has 2 atom stereocenters. The highest BCUT2D eigenvalue weighted by Gasteiger charge is 2.37. The first kappa shape index (κ1) is 29.9. The van der Waals surface area contributed by atoms with Crippen LogP contribution in [-0.2, 0) is 0 Å². The van der Waals surface area contributed by atoms with E-state index in [9.17, 15) is 0 Å². The zero-order valence-electron chi connectivity index (χ0n) is 24.1. The Bertz CT molecular complexity index is 1120. The monoisotopic (exact) mass is 584 g/mol. The van der Waals surface area contributed by atoms with E-state index in [0.717, 1.165) is 34.7 Å². The number of fused-ring (bicyclic) bond motifs is 1. The lowest BCUT2D eigenvalue weighted by molar-refractivity contribution is 0.500. The third kappa shape index (κ3) is 7.16. The van der Waals surface area contributed by atoms with Crippen molar-refractivity contribution in [1.82, 2.24) is 0 Å². The second kappa shape index (κ2) is 14.5. The number of hydrogen-bond donors (Lipinski definition) is 0. The molecular formula is C32H44N2S4. The van der Waals surface area contributed by atoms with Gasteiger partial charge in [0.2, 0.25) is 0 Å². The SMILES string of the molecule is CCCCC(CC)CSC1=NC(c2ccc(C)s2)=C2C(SCC(CC)CCCC)=NC(c3ccc(C)s3)=C12. The van der Waals surface area contributed by atoms with Crippen molar-refractivity contribution in [2.24, 2.45) is 21.8 Å². The van der Waals surface area contributed by atoms with Gasteiger partial charge in [-0.2, -0.15) is 0 Å². The maximum absolute atomic E-state index is 5.39. The largest absolute Gasteiger partial charge is 0.239 e. The first-order valence-electron chi connectivity index (χ1n) is 14.5. The van der Waals surface area contributed by atoms with Crippen LogP contribution in [0.5, 0.6) is 0 Å². The molecule has 0 aromatic carbocycles. The minimum atomic E-state index is 0.743. The standard InChI is InChI=1S/C32H44N2S4/c1-7-11-13-23(9-3)19-35-31-27-28(30(33-31)26-18-16-22(6)38-26)32(36-20-24(10-4)14-12-8-2)34-29(27)25-17-15-21(5)37-25/h15-18,23-24H,7-14,19-20H2,1-6H3. The van der Waals surface area contributed by atoms with Gasteiger partial charge in [-0.25, -0.2) is 9.98 Å². The van der Waals surface area contributed by atoms with Gasteiger partial charge in [-0.3, -0.25) is 0 Å². The summed E-state index contributed by atoms with van der Waals surface area (Å²) in [5, 5.41) is 2.38. The van der Waals surface area contributed by atoms with Gasteiger partial charge in [0.05, 0.1) is 21.1 Å². The lowest BCUT2D eigenvalue weighted by Gasteiger charge is -2.15. The fourth-order valence-corrected chi connectivity index (χ4v) is 9.28. The van der Waals surface area contributed by atoms with Gasteiger partial charge in [0.25, 0.3) is 0 Å². The van der Waals surface area contributed by atoms with E-state index >= 15 is 0 Å². The molecule has 0 saturated heterocycles. The molecule has 0 spiro atoms. The van der Waals surface area contributed by atoms with Gasteiger partial charge in [-0.1, -0.05) is 66.2 Å².